The Bertz CT molecular complexity index is 470. The van der Waals surface area contributed by atoms with Crippen molar-refractivity contribution < 1.29 is 22.1 Å². The third-order valence-corrected chi connectivity index (χ3v) is 4.31. The van der Waals surface area contributed by atoms with Crippen LogP contribution >= 0.6 is 0 Å². The highest BCUT2D eigenvalue weighted by molar-refractivity contribution is 7.90. The number of rotatable bonds is 3. The van der Waals surface area contributed by atoms with Crippen LogP contribution in [0.2, 0.25) is 0 Å². The maximum absolute atomic E-state index is 13.6. The van der Waals surface area contributed by atoms with Gasteiger partial charge in [0, 0.05) is 16.9 Å². The van der Waals surface area contributed by atoms with Gasteiger partial charge in [-0.25, -0.2) is 4.39 Å². The zero-order valence-corrected chi connectivity index (χ0v) is 12.5. The molecule has 1 aromatic rings. The molecule has 0 aromatic heterocycles. The Kier molecular flexibility index (Phi) is 5.10. The molecular weight excluding hydrogens is 294 g/mol. The number of halogens is 4. The summed E-state index contributed by atoms with van der Waals surface area (Å²) in [6.45, 7) is 6.62. The Morgan fingerprint density at radius 2 is 1.75 bits per heavy atom. The second kappa shape index (κ2) is 5.91. The molecule has 20 heavy (non-hydrogen) atoms. The normalized spacial score (nSPS) is 16.1. The first-order chi connectivity index (χ1) is 8.93. The van der Waals surface area contributed by atoms with Gasteiger partial charge in [-0.05, 0) is 45.9 Å². The fraction of sp³-hybridized carbons (Fsp3) is 0.538. The van der Waals surface area contributed by atoms with E-state index in [0.717, 1.165) is 12.1 Å². The molecule has 0 amide bonds. The van der Waals surface area contributed by atoms with Crippen LogP contribution in [0.15, 0.2) is 18.2 Å². The summed E-state index contributed by atoms with van der Waals surface area (Å²) in [6.07, 6.45) is -4.54. The molecule has 0 saturated carbocycles. The minimum atomic E-state index is -4.54. The van der Waals surface area contributed by atoms with Gasteiger partial charge in [0.15, 0.2) is 0 Å². The zero-order chi connectivity index (χ0) is 15.7. The predicted octanol–water partition coefficient (Wildman–Crippen LogP) is 3.96. The maximum atomic E-state index is 13.6. The van der Waals surface area contributed by atoms with Crippen LogP contribution in [0.5, 0.6) is 0 Å². The molecule has 0 bridgehead atoms. The lowest BCUT2D eigenvalue weighted by Gasteiger charge is -2.27. The number of nitrogens with one attached hydrogen (secondary N) is 1. The van der Waals surface area contributed by atoms with Gasteiger partial charge in [0.05, 0.1) is 11.6 Å². The average molecular weight is 311 g/mol. The number of hydrogen-bond donors (Lipinski definition) is 1. The second-order valence-electron chi connectivity index (χ2n) is 5.45. The molecular formula is C13H17F4NOS. The van der Waals surface area contributed by atoms with Crippen LogP contribution in [0.25, 0.3) is 0 Å². The monoisotopic (exact) mass is 311 g/mol. The van der Waals surface area contributed by atoms with Crippen LogP contribution in [0, 0.1) is 5.82 Å². The molecule has 2 nitrogen and oxygen atoms in total. The van der Waals surface area contributed by atoms with Crippen molar-refractivity contribution >= 4 is 11.4 Å². The number of benzene rings is 1. The van der Waals surface area contributed by atoms with E-state index in [1.54, 1.807) is 20.8 Å². The molecule has 1 unspecified atom stereocenters. The Morgan fingerprint density at radius 3 is 2.20 bits per heavy atom. The van der Waals surface area contributed by atoms with Gasteiger partial charge in [0.1, 0.15) is 10.6 Å². The van der Waals surface area contributed by atoms with Gasteiger partial charge in [-0.3, -0.25) is 0 Å². The van der Waals surface area contributed by atoms with Crippen molar-refractivity contribution in [2.75, 3.05) is 0 Å². The van der Waals surface area contributed by atoms with Gasteiger partial charge >= 0.3 is 6.18 Å². The van der Waals surface area contributed by atoms with Gasteiger partial charge < -0.3 is 4.55 Å². The van der Waals surface area contributed by atoms with E-state index >= 15 is 0 Å². The van der Waals surface area contributed by atoms with Crippen LogP contribution < -0.4 is 4.72 Å². The lowest BCUT2D eigenvalue weighted by atomic mass is 10.0. The first-order valence-corrected chi connectivity index (χ1v) is 7.12. The minimum Gasteiger partial charge on any atom is -0.598 e. The Labute approximate surface area is 118 Å². The maximum Gasteiger partial charge on any atom is 0.416 e. The summed E-state index contributed by atoms with van der Waals surface area (Å²) in [7, 11) is 0. The summed E-state index contributed by atoms with van der Waals surface area (Å²) < 4.78 is 65.4. The van der Waals surface area contributed by atoms with Crippen LogP contribution in [-0.2, 0) is 17.5 Å². The summed E-state index contributed by atoms with van der Waals surface area (Å²) in [6, 6.07) is 1.41. The molecule has 0 aliphatic rings. The highest BCUT2D eigenvalue weighted by Gasteiger charge is 2.33. The summed E-state index contributed by atoms with van der Waals surface area (Å²) >= 11 is -1.50. The molecule has 0 heterocycles. The van der Waals surface area contributed by atoms with Crippen molar-refractivity contribution in [2.24, 2.45) is 0 Å². The molecule has 7 heteroatoms. The van der Waals surface area contributed by atoms with Crippen molar-refractivity contribution in [1.82, 2.24) is 4.72 Å². The van der Waals surface area contributed by atoms with E-state index in [9.17, 15) is 22.1 Å². The Hall–Kier alpha value is -0.790. The highest BCUT2D eigenvalue weighted by Crippen LogP contribution is 2.32. The van der Waals surface area contributed by atoms with E-state index in [4.69, 9.17) is 0 Å². The third kappa shape index (κ3) is 4.36. The first-order valence-electron chi connectivity index (χ1n) is 5.97. The van der Waals surface area contributed by atoms with Crippen LogP contribution in [0.1, 0.15) is 44.9 Å². The number of hydrogen-bond acceptors (Lipinski definition) is 2. The quantitative estimate of drug-likeness (QED) is 0.677. The highest BCUT2D eigenvalue weighted by atomic mass is 32.2. The molecule has 1 N–H and O–H groups in total. The average Bonchev–Trinajstić information content (AvgIpc) is 2.26. The molecule has 0 saturated heterocycles. The molecule has 114 valence electrons. The number of alkyl halides is 3. The summed E-state index contributed by atoms with van der Waals surface area (Å²) in [4.78, 5) is 0. The lowest BCUT2D eigenvalue weighted by molar-refractivity contribution is -0.137. The van der Waals surface area contributed by atoms with E-state index in [0.29, 0.717) is 6.07 Å². The van der Waals surface area contributed by atoms with Gasteiger partial charge in [-0.1, -0.05) is 0 Å². The summed E-state index contributed by atoms with van der Waals surface area (Å²) in [5.41, 5.74) is -1.08. The van der Waals surface area contributed by atoms with E-state index in [1.165, 1.54) is 6.92 Å². The largest absolute Gasteiger partial charge is 0.598 e. The summed E-state index contributed by atoms with van der Waals surface area (Å²) in [5.74, 6) is -0.760. The lowest BCUT2D eigenvalue weighted by Crippen LogP contribution is -2.40. The third-order valence-electron chi connectivity index (χ3n) is 2.63. The Balaban J connectivity index is 3.01. The van der Waals surface area contributed by atoms with E-state index in [1.807, 2.05) is 0 Å². The van der Waals surface area contributed by atoms with Crippen LogP contribution in [-0.4, -0.2) is 9.30 Å². The molecule has 0 aliphatic carbocycles. The summed E-state index contributed by atoms with van der Waals surface area (Å²) in [5, 5.41) is 0. The topological polar surface area (TPSA) is 35.1 Å². The first kappa shape index (κ1) is 17.3. The second-order valence-corrected chi connectivity index (χ2v) is 7.45. The van der Waals surface area contributed by atoms with Crippen molar-refractivity contribution in [3.8, 4) is 0 Å². The smallest absolute Gasteiger partial charge is 0.416 e. The van der Waals surface area contributed by atoms with Crippen molar-refractivity contribution in [3.05, 3.63) is 35.1 Å². The van der Waals surface area contributed by atoms with Crippen molar-refractivity contribution in [3.63, 3.8) is 0 Å². The molecule has 0 fully saturated rings. The Morgan fingerprint density at radius 1 is 1.20 bits per heavy atom. The van der Waals surface area contributed by atoms with Gasteiger partial charge in [0.25, 0.3) is 0 Å². The molecule has 1 aromatic carbocycles. The standard InChI is InChI=1S/C13H17F4NOS/c1-8(18-20(19)12(2,3)4)10-7-9(13(15,16)17)5-6-11(10)14/h5-8,18H,1-4H3/t8?,20-/m0/s1. The molecule has 0 spiro atoms. The van der Waals surface area contributed by atoms with E-state index in [2.05, 4.69) is 4.72 Å². The van der Waals surface area contributed by atoms with Crippen LogP contribution in [0.3, 0.4) is 0 Å². The van der Waals surface area contributed by atoms with E-state index in [-0.39, 0.29) is 5.56 Å². The van der Waals surface area contributed by atoms with Crippen molar-refractivity contribution in [2.45, 2.75) is 44.7 Å². The molecule has 1 rings (SSSR count). The fourth-order valence-corrected chi connectivity index (χ4v) is 2.25. The van der Waals surface area contributed by atoms with Gasteiger partial charge in [-0.15, -0.1) is 4.72 Å². The molecule has 0 radical (unpaired) electrons. The van der Waals surface area contributed by atoms with Crippen molar-refractivity contribution in [1.29, 1.82) is 0 Å². The van der Waals surface area contributed by atoms with E-state index < -0.39 is 39.7 Å². The molecule has 2 atom stereocenters. The predicted molar refractivity (Wildman–Crippen MR) is 70.8 cm³/mol. The zero-order valence-electron chi connectivity index (χ0n) is 11.6. The van der Waals surface area contributed by atoms with Gasteiger partial charge in [-0.2, -0.15) is 13.2 Å². The van der Waals surface area contributed by atoms with Crippen LogP contribution in [0.4, 0.5) is 17.6 Å². The minimum absolute atomic E-state index is 0.155. The van der Waals surface area contributed by atoms with Gasteiger partial charge in [0.2, 0.25) is 0 Å². The molecule has 0 aliphatic heterocycles. The fourth-order valence-electron chi connectivity index (χ4n) is 1.45. The SMILES string of the molecule is CC(N[S@@+]([O-])C(C)(C)C)c1cc(C(F)(F)F)ccc1F.